The number of carbonyl (C=O) groups is 1. The summed E-state index contributed by atoms with van der Waals surface area (Å²) in [6.07, 6.45) is 5.77. The minimum absolute atomic E-state index is 0.0835. The zero-order valence-electron chi connectivity index (χ0n) is 17.8. The lowest BCUT2D eigenvalue weighted by Crippen LogP contribution is -2.43. The highest BCUT2D eigenvalue weighted by Gasteiger charge is 2.26. The molecule has 1 aliphatic carbocycles. The van der Waals surface area contributed by atoms with E-state index in [4.69, 9.17) is 5.26 Å². The van der Waals surface area contributed by atoms with Crippen LogP contribution in [0.5, 0.6) is 0 Å². The summed E-state index contributed by atoms with van der Waals surface area (Å²) in [5.74, 6) is 0.326. The zero-order valence-corrected chi connectivity index (χ0v) is 17.8. The minimum atomic E-state index is -0.0835. The van der Waals surface area contributed by atoms with Crippen LogP contribution < -0.4 is 10.2 Å². The fourth-order valence-electron chi connectivity index (χ4n) is 3.95. The van der Waals surface area contributed by atoms with Crippen molar-refractivity contribution in [1.29, 1.82) is 5.26 Å². The van der Waals surface area contributed by atoms with Crippen LogP contribution in [0.2, 0.25) is 0 Å². The Labute approximate surface area is 173 Å². The number of rotatable bonds is 5. The third kappa shape index (κ3) is 4.95. The van der Waals surface area contributed by atoms with Crippen molar-refractivity contribution in [2.45, 2.75) is 64.5 Å². The highest BCUT2D eigenvalue weighted by molar-refractivity contribution is 5.92. The third-order valence-corrected chi connectivity index (χ3v) is 6.00. The highest BCUT2D eigenvalue weighted by atomic mass is 16.1. The predicted molar refractivity (Wildman–Crippen MR) is 116 cm³/mol. The first-order valence-electron chi connectivity index (χ1n) is 10.4. The maximum Gasteiger partial charge on any atom is 0.270 e. The molecule has 2 aromatic rings. The van der Waals surface area contributed by atoms with Gasteiger partial charge in [-0.3, -0.25) is 9.78 Å². The van der Waals surface area contributed by atoms with Gasteiger partial charge in [0, 0.05) is 31.0 Å². The summed E-state index contributed by atoms with van der Waals surface area (Å²) in [7, 11) is 2.12. The molecule has 0 unspecified atom stereocenters. The third-order valence-electron chi connectivity index (χ3n) is 6.00. The molecular weight excluding hydrogens is 360 g/mol. The number of aromatic nitrogens is 1. The number of nitriles is 1. The average Bonchev–Trinajstić information content (AvgIpc) is 2.73. The Morgan fingerprint density at radius 2 is 1.93 bits per heavy atom. The van der Waals surface area contributed by atoms with Crippen LogP contribution in [0.1, 0.15) is 72.6 Å². The molecule has 1 aromatic heterocycles. The minimum Gasteiger partial charge on any atom is -0.372 e. The van der Waals surface area contributed by atoms with Crippen molar-refractivity contribution in [2.75, 3.05) is 11.9 Å². The zero-order chi connectivity index (χ0) is 21.0. The van der Waals surface area contributed by atoms with Gasteiger partial charge in [0.2, 0.25) is 0 Å². The van der Waals surface area contributed by atoms with Gasteiger partial charge in [0.1, 0.15) is 5.69 Å². The Bertz CT molecular complexity index is 890. The lowest BCUT2D eigenvalue weighted by atomic mass is 9.90. The Hall–Kier alpha value is -2.87. The smallest absolute Gasteiger partial charge is 0.270 e. The Morgan fingerprint density at radius 1 is 1.21 bits per heavy atom. The van der Waals surface area contributed by atoms with E-state index in [9.17, 15) is 4.79 Å². The summed E-state index contributed by atoms with van der Waals surface area (Å²) in [4.78, 5) is 19.1. The number of anilines is 1. The fraction of sp³-hybridized carbons (Fsp3) is 0.458. The Balaban J connectivity index is 1.54. The van der Waals surface area contributed by atoms with Crippen LogP contribution in [0.15, 0.2) is 36.5 Å². The monoisotopic (exact) mass is 390 g/mol. The standard InChI is InChI=1S/C24H30N4O/c1-16(2)19-6-12-23(26-15-19)24(29)27-20-7-10-21(11-8-20)28(4)22-9-5-18(14-25)17(3)13-22/h5-6,9,12-13,15-16,20-21H,7-8,10-11H2,1-4H3,(H,27,29). The molecule has 0 aliphatic heterocycles. The molecule has 1 saturated carbocycles. The van der Waals surface area contributed by atoms with E-state index in [1.807, 2.05) is 31.2 Å². The molecule has 1 amide bonds. The lowest BCUT2D eigenvalue weighted by Gasteiger charge is -2.36. The van der Waals surface area contributed by atoms with Gasteiger partial charge in [-0.05, 0) is 73.9 Å². The van der Waals surface area contributed by atoms with Crippen LogP contribution in [0.25, 0.3) is 0 Å². The van der Waals surface area contributed by atoms with E-state index in [2.05, 4.69) is 48.2 Å². The first-order valence-corrected chi connectivity index (χ1v) is 10.4. The number of nitrogens with zero attached hydrogens (tertiary/aromatic N) is 3. The molecule has 3 rings (SSSR count). The molecular formula is C24H30N4O. The number of pyridine rings is 1. The van der Waals surface area contributed by atoms with E-state index in [1.54, 1.807) is 6.20 Å². The van der Waals surface area contributed by atoms with Gasteiger partial charge in [-0.15, -0.1) is 0 Å². The van der Waals surface area contributed by atoms with Gasteiger partial charge in [0.05, 0.1) is 11.6 Å². The number of benzene rings is 1. The van der Waals surface area contributed by atoms with Gasteiger partial charge < -0.3 is 10.2 Å². The van der Waals surface area contributed by atoms with E-state index in [1.165, 1.54) is 0 Å². The van der Waals surface area contributed by atoms with Crippen LogP contribution >= 0.6 is 0 Å². The maximum absolute atomic E-state index is 12.5. The number of carbonyl (C=O) groups excluding carboxylic acids is 1. The topological polar surface area (TPSA) is 69.0 Å². The summed E-state index contributed by atoms with van der Waals surface area (Å²) < 4.78 is 0. The van der Waals surface area contributed by atoms with Crippen molar-refractivity contribution in [2.24, 2.45) is 0 Å². The van der Waals surface area contributed by atoms with E-state index in [0.717, 1.165) is 48.1 Å². The quantitative estimate of drug-likeness (QED) is 0.812. The van der Waals surface area contributed by atoms with Gasteiger partial charge in [0.25, 0.3) is 5.91 Å². The molecule has 0 radical (unpaired) electrons. The van der Waals surface area contributed by atoms with Gasteiger partial charge >= 0.3 is 0 Å². The van der Waals surface area contributed by atoms with E-state index >= 15 is 0 Å². The maximum atomic E-state index is 12.5. The Kier molecular flexibility index (Phi) is 6.53. The molecule has 1 aliphatic rings. The second-order valence-electron chi connectivity index (χ2n) is 8.33. The first-order chi connectivity index (χ1) is 13.9. The van der Waals surface area contributed by atoms with Crippen LogP contribution in [-0.2, 0) is 0 Å². The van der Waals surface area contributed by atoms with Crippen LogP contribution in [0.3, 0.4) is 0 Å². The fourth-order valence-corrected chi connectivity index (χ4v) is 3.95. The molecule has 1 fully saturated rings. The number of aryl methyl sites for hydroxylation is 1. The van der Waals surface area contributed by atoms with Crippen molar-refractivity contribution in [3.8, 4) is 6.07 Å². The number of amides is 1. The Morgan fingerprint density at radius 3 is 2.48 bits per heavy atom. The molecule has 0 saturated heterocycles. The van der Waals surface area contributed by atoms with Crippen LogP contribution in [-0.4, -0.2) is 30.0 Å². The molecule has 5 nitrogen and oxygen atoms in total. The molecule has 0 atom stereocenters. The average molecular weight is 391 g/mol. The summed E-state index contributed by atoms with van der Waals surface area (Å²) in [5.41, 5.74) is 4.51. The second-order valence-corrected chi connectivity index (χ2v) is 8.33. The normalized spacial score (nSPS) is 18.9. The highest BCUT2D eigenvalue weighted by Crippen LogP contribution is 2.28. The molecule has 1 aromatic carbocycles. The van der Waals surface area contributed by atoms with Gasteiger partial charge in [-0.25, -0.2) is 0 Å². The molecule has 5 heteroatoms. The van der Waals surface area contributed by atoms with Gasteiger partial charge in [-0.2, -0.15) is 5.26 Å². The van der Waals surface area contributed by atoms with E-state index in [0.29, 0.717) is 17.7 Å². The molecule has 1 heterocycles. The van der Waals surface area contributed by atoms with Crippen molar-refractivity contribution in [1.82, 2.24) is 10.3 Å². The first kappa shape index (κ1) is 20.9. The van der Waals surface area contributed by atoms with Gasteiger partial charge in [0.15, 0.2) is 0 Å². The van der Waals surface area contributed by atoms with Crippen molar-refractivity contribution in [3.63, 3.8) is 0 Å². The molecule has 0 spiro atoms. The molecule has 1 N–H and O–H groups in total. The molecule has 0 bridgehead atoms. The summed E-state index contributed by atoms with van der Waals surface area (Å²) in [6.45, 7) is 6.21. The number of hydrogen-bond acceptors (Lipinski definition) is 4. The van der Waals surface area contributed by atoms with E-state index in [-0.39, 0.29) is 11.9 Å². The predicted octanol–water partition coefficient (Wildman–Crippen LogP) is 4.56. The van der Waals surface area contributed by atoms with Gasteiger partial charge in [-0.1, -0.05) is 19.9 Å². The number of nitrogens with one attached hydrogen (secondary N) is 1. The SMILES string of the molecule is Cc1cc(N(C)C2CCC(NC(=O)c3ccc(C(C)C)cn3)CC2)ccc1C#N. The summed E-state index contributed by atoms with van der Waals surface area (Å²) >= 11 is 0. The molecule has 152 valence electrons. The summed E-state index contributed by atoms with van der Waals surface area (Å²) in [6, 6.07) is 12.7. The largest absolute Gasteiger partial charge is 0.372 e. The van der Waals surface area contributed by atoms with Crippen molar-refractivity contribution < 1.29 is 4.79 Å². The number of hydrogen-bond donors (Lipinski definition) is 1. The van der Waals surface area contributed by atoms with Crippen molar-refractivity contribution in [3.05, 3.63) is 58.9 Å². The lowest BCUT2D eigenvalue weighted by molar-refractivity contribution is 0.0920. The van der Waals surface area contributed by atoms with Crippen LogP contribution in [0.4, 0.5) is 5.69 Å². The van der Waals surface area contributed by atoms with Crippen LogP contribution in [0, 0.1) is 18.3 Å². The summed E-state index contributed by atoms with van der Waals surface area (Å²) in [5, 5.41) is 12.3. The van der Waals surface area contributed by atoms with Crippen molar-refractivity contribution >= 4 is 11.6 Å². The second kappa shape index (κ2) is 9.09. The van der Waals surface area contributed by atoms with E-state index < -0.39 is 0 Å². The molecule has 29 heavy (non-hydrogen) atoms.